The molecule has 6 heteroatoms. The molecule has 0 aliphatic carbocycles. The van der Waals surface area contributed by atoms with Crippen LogP contribution in [0.15, 0.2) is 0 Å². The maximum atomic E-state index is 11.8. The first-order valence-corrected chi connectivity index (χ1v) is 6.14. The fourth-order valence-electron chi connectivity index (χ4n) is 2.00. The molecule has 1 fully saturated rings. The fourth-order valence-corrected chi connectivity index (χ4v) is 2.00. The van der Waals surface area contributed by atoms with Crippen molar-refractivity contribution in [2.75, 3.05) is 13.1 Å². The van der Waals surface area contributed by atoms with Gasteiger partial charge in [0.15, 0.2) is 0 Å². The van der Waals surface area contributed by atoms with E-state index in [-0.39, 0.29) is 24.5 Å². The van der Waals surface area contributed by atoms with Gasteiger partial charge in [-0.25, -0.2) is 4.79 Å². The second-order valence-corrected chi connectivity index (χ2v) is 5.74. The number of carboxylic acid groups (broad SMARTS) is 1. The molecule has 104 valence electrons. The maximum Gasteiger partial charge on any atom is 0.410 e. The summed E-state index contributed by atoms with van der Waals surface area (Å²) in [4.78, 5) is 24.0. The first-order valence-electron chi connectivity index (χ1n) is 6.14. The van der Waals surface area contributed by atoms with Crippen LogP contribution in [0.1, 0.15) is 33.6 Å². The van der Waals surface area contributed by atoms with Crippen LogP contribution in [0.4, 0.5) is 4.79 Å². The van der Waals surface area contributed by atoms with Crippen molar-refractivity contribution < 1.29 is 19.4 Å². The van der Waals surface area contributed by atoms with Crippen LogP contribution in [0.3, 0.4) is 0 Å². The highest BCUT2D eigenvalue weighted by atomic mass is 16.6. The predicted molar refractivity (Wildman–Crippen MR) is 66.1 cm³/mol. The summed E-state index contributed by atoms with van der Waals surface area (Å²) in [5.74, 6) is -0.914. The van der Waals surface area contributed by atoms with Crippen molar-refractivity contribution in [1.82, 2.24) is 4.90 Å². The summed E-state index contributed by atoms with van der Waals surface area (Å²) in [6.07, 6.45) is 0.280. The molecule has 2 unspecified atom stereocenters. The number of nitrogens with two attached hydrogens (primary N) is 1. The molecule has 0 aromatic rings. The molecular weight excluding hydrogens is 236 g/mol. The first kappa shape index (κ1) is 14.8. The van der Waals surface area contributed by atoms with Crippen molar-refractivity contribution in [3.63, 3.8) is 0 Å². The van der Waals surface area contributed by atoms with Gasteiger partial charge in [0.05, 0.1) is 0 Å². The third-order valence-electron chi connectivity index (χ3n) is 2.90. The molecular formula is C12H22N2O4. The number of hydrogen-bond donors (Lipinski definition) is 2. The summed E-state index contributed by atoms with van der Waals surface area (Å²) in [7, 11) is 0. The molecule has 0 saturated carbocycles. The average molecular weight is 258 g/mol. The third-order valence-corrected chi connectivity index (χ3v) is 2.90. The second-order valence-electron chi connectivity index (χ2n) is 5.74. The van der Waals surface area contributed by atoms with Crippen LogP contribution in [-0.2, 0) is 9.53 Å². The third kappa shape index (κ3) is 4.52. The number of ether oxygens (including phenoxy) is 1. The Balaban J connectivity index is 2.50. The normalized spacial score (nSPS) is 24.8. The zero-order valence-electron chi connectivity index (χ0n) is 11.2. The molecule has 0 radical (unpaired) electrons. The van der Waals surface area contributed by atoms with Crippen LogP contribution in [0.5, 0.6) is 0 Å². The first-order chi connectivity index (χ1) is 8.19. The summed E-state index contributed by atoms with van der Waals surface area (Å²) >= 11 is 0. The Morgan fingerprint density at radius 2 is 2.06 bits per heavy atom. The van der Waals surface area contributed by atoms with E-state index in [1.165, 1.54) is 0 Å². The minimum Gasteiger partial charge on any atom is -0.481 e. The Labute approximate surface area is 107 Å². The van der Waals surface area contributed by atoms with Crippen molar-refractivity contribution >= 4 is 12.1 Å². The van der Waals surface area contributed by atoms with Gasteiger partial charge in [0.25, 0.3) is 0 Å². The van der Waals surface area contributed by atoms with Crippen LogP contribution in [0, 0.1) is 5.92 Å². The fraction of sp³-hybridized carbons (Fsp3) is 0.833. The highest BCUT2D eigenvalue weighted by Gasteiger charge is 2.32. The Bertz CT molecular complexity index is 325. The van der Waals surface area contributed by atoms with Crippen molar-refractivity contribution in [3.05, 3.63) is 0 Å². The Kier molecular flexibility index (Phi) is 4.56. The molecule has 0 aromatic carbocycles. The minimum absolute atomic E-state index is 0.0589. The van der Waals surface area contributed by atoms with Crippen molar-refractivity contribution in [3.8, 4) is 0 Å². The zero-order valence-corrected chi connectivity index (χ0v) is 11.2. The van der Waals surface area contributed by atoms with Gasteiger partial charge in [-0.2, -0.15) is 0 Å². The van der Waals surface area contributed by atoms with Crippen LogP contribution in [0.25, 0.3) is 0 Å². The van der Waals surface area contributed by atoms with E-state index < -0.39 is 11.6 Å². The number of nitrogens with zero attached hydrogens (tertiary/aromatic N) is 1. The smallest absolute Gasteiger partial charge is 0.410 e. The number of likely N-dealkylation sites (tertiary alicyclic amines) is 1. The van der Waals surface area contributed by atoms with Gasteiger partial charge in [-0.3, -0.25) is 4.79 Å². The summed E-state index contributed by atoms with van der Waals surface area (Å²) in [6, 6.07) is -0.303. The lowest BCUT2D eigenvalue weighted by molar-refractivity contribution is -0.138. The van der Waals surface area contributed by atoms with Crippen LogP contribution < -0.4 is 5.73 Å². The van der Waals surface area contributed by atoms with Gasteiger partial charge < -0.3 is 20.5 Å². The summed E-state index contributed by atoms with van der Waals surface area (Å²) in [5.41, 5.74) is 5.38. The number of carbonyl (C=O) groups is 2. The molecule has 1 aliphatic rings. The molecule has 1 rings (SSSR count). The van der Waals surface area contributed by atoms with E-state index in [0.29, 0.717) is 19.5 Å². The molecule has 3 N–H and O–H groups in total. The standard InChI is InChI=1S/C12H22N2O4/c1-12(2,3)18-11(17)14-5-4-8(6-10(15)16)9(13)7-14/h8-9H,4-7,13H2,1-3H3,(H,15,16). The van der Waals surface area contributed by atoms with Crippen LogP contribution in [-0.4, -0.2) is 46.8 Å². The van der Waals surface area contributed by atoms with E-state index in [0.717, 1.165) is 0 Å². The molecule has 0 bridgehead atoms. The largest absolute Gasteiger partial charge is 0.481 e. The van der Waals surface area contributed by atoms with Crippen molar-refractivity contribution in [1.29, 1.82) is 0 Å². The van der Waals surface area contributed by atoms with Gasteiger partial charge in [-0.05, 0) is 33.1 Å². The topological polar surface area (TPSA) is 92.9 Å². The van der Waals surface area contributed by atoms with Crippen molar-refractivity contribution in [2.45, 2.75) is 45.3 Å². The summed E-state index contributed by atoms with van der Waals surface area (Å²) in [5, 5.41) is 8.75. The van der Waals surface area contributed by atoms with E-state index in [1.54, 1.807) is 4.90 Å². The lowest BCUT2D eigenvalue weighted by atomic mass is 9.89. The minimum atomic E-state index is -0.846. The molecule has 1 heterocycles. The molecule has 2 atom stereocenters. The number of piperidine rings is 1. The quantitative estimate of drug-likeness (QED) is 0.772. The van der Waals surface area contributed by atoms with Gasteiger partial charge in [-0.15, -0.1) is 0 Å². The van der Waals surface area contributed by atoms with Gasteiger partial charge in [0.1, 0.15) is 5.60 Å². The molecule has 6 nitrogen and oxygen atoms in total. The number of amides is 1. The number of carbonyl (C=O) groups excluding carboxylic acids is 1. The molecule has 18 heavy (non-hydrogen) atoms. The SMILES string of the molecule is CC(C)(C)OC(=O)N1CCC(CC(=O)O)C(N)C1. The highest BCUT2D eigenvalue weighted by Crippen LogP contribution is 2.21. The van der Waals surface area contributed by atoms with Gasteiger partial charge in [-0.1, -0.05) is 0 Å². The van der Waals surface area contributed by atoms with E-state index in [9.17, 15) is 9.59 Å². The highest BCUT2D eigenvalue weighted by molar-refractivity contribution is 5.69. The summed E-state index contributed by atoms with van der Waals surface area (Å²) < 4.78 is 5.26. The van der Waals surface area contributed by atoms with Crippen LogP contribution >= 0.6 is 0 Å². The Morgan fingerprint density at radius 3 is 2.50 bits per heavy atom. The second kappa shape index (κ2) is 5.56. The Hall–Kier alpha value is -1.30. The molecule has 1 aliphatic heterocycles. The maximum absolute atomic E-state index is 11.8. The van der Waals surface area contributed by atoms with Gasteiger partial charge >= 0.3 is 12.1 Å². The monoisotopic (exact) mass is 258 g/mol. The molecule has 0 spiro atoms. The lowest BCUT2D eigenvalue weighted by Crippen LogP contribution is -2.52. The number of aliphatic carboxylic acids is 1. The van der Waals surface area contributed by atoms with E-state index >= 15 is 0 Å². The van der Waals surface area contributed by atoms with Gasteiger partial charge in [0, 0.05) is 25.6 Å². The number of carboxylic acids is 1. The number of rotatable bonds is 2. The summed E-state index contributed by atoms with van der Waals surface area (Å²) in [6.45, 7) is 6.28. The zero-order chi connectivity index (χ0) is 13.9. The molecule has 1 saturated heterocycles. The Morgan fingerprint density at radius 1 is 1.44 bits per heavy atom. The van der Waals surface area contributed by atoms with Gasteiger partial charge in [0.2, 0.25) is 0 Å². The lowest BCUT2D eigenvalue weighted by Gasteiger charge is -2.36. The number of hydrogen-bond acceptors (Lipinski definition) is 4. The van der Waals surface area contributed by atoms with Crippen molar-refractivity contribution in [2.24, 2.45) is 11.7 Å². The van der Waals surface area contributed by atoms with E-state index in [4.69, 9.17) is 15.6 Å². The average Bonchev–Trinajstić information content (AvgIpc) is 2.17. The van der Waals surface area contributed by atoms with E-state index in [1.807, 2.05) is 20.8 Å². The van der Waals surface area contributed by atoms with Crippen LogP contribution in [0.2, 0.25) is 0 Å². The predicted octanol–water partition coefficient (Wildman–Crippen LogP) is 1.05. The van der Waals surface area contributed by atoms with E-state index in [2.05, 4.69) is 0 Å². The molecule has 1 amide bonds. The molecule has 0 aromatic heterocycles.